The fourth-order valence-corrected chi connectivity index (χ4v) is 4.68. The molecule has 0 saturated carbocycles. The van der Waals surface area contributed by atoms with Crippen LogP contribution in [0, 0.1) is 0 Å². The zero-order chi connectivity index (χ0) is 16.6. The third-order valence-electron chi connectivity index (χ3n) is 4.26. The number of hydrogen-bond donors (Lipinski definition) is 0. The fourth-order valence-electron chi connectivity index (χ4n) is 3.14. The molecule has 7 heteroatoms. The van der Waals surface area contributed by atoms with Crippen LogP contribution in [-0.4, -0.2) is 33.8 Å². The number of fused-ring (bicyclic) bond motifs is 1. The molecule has 122 valence electrons. The van der Waals surface area contributed by atoms with E-state index in [1.54, 1.807) is 35.0 Å². The zero-order valence-electron chi connectivity index (χ0n) is 12.9. The van der Waals surface area contributed by atoms with E-state index in [0.29, 0.717) is 13.1 Å². The molecule has 3 aromatic heterocycles. The van der Waals surface area contributed by atoms with Crippen LogP contribution in [0.2, 0.25) is 0 Å². The third kappa shape index (κ3) is 2.42. The van der Waals surface area contributed by atoms with Crippen LogP contribution in [0.15, 0.2) is 72.3 Å². The van der Waals surface area contributed by atoms with Gasteiger partial charge in [0.05, 0.1) is 6.04 Å². The molecule has 4 rings (SSSR count). The second kappa shape index (κ2) is 5.85. The first-order chi connectivity index (χ1) is 11.7. The van der Waals surface area contributed by atoms with Crippen LogP contribution in [0.25, 0.3) is 0 Å². The molecule has 1 aliphatic rings. The van der Waals surface area contributed by atoms with E-state index in [9.17, 15) is 8.42 Å². The minimum atomic E-state index is -3.64. The van der Waals surface area contributed by atoms with E-state index in [-0.39, 0.29) is 10.9 Å². The van der Waals surface area contributed by atoms with Crippen LogP contribution in [0.1, 0.15) is 17.3 Å². The molecule has 6 nitrogen and oxygen atoms in total. The van der Waals surface area contributed by atoms with Crippen molar-refractivity contribution in [3.8, 4) is 0 Å². The minimum absolute atomic E-state index is 0.212. The van der Waals surface area contributed by atoms with Gasteiger partial charge in [0, 0.05) is 49.8 Å². The van der Waals surface area contributed by atoms with Gasteiger partial charge >= 0.3 is 0 Å². The fraction of sp³-hybridized carbons (Fsp3) is 0.176. The number of rotatable bonds is 3. The Morgan fingerprint density at radius 3 is 2.54 bits per heavy atom. The van der Waals surface area contributed by atoms with Gasteiger partial charge in [0.25, 0.3) is 0 Å². The predicted octanol–water partition coefficient (Wildman–Crippen LogP) is 2.07. The van der Waals surface area contributed by atoms with E-state index in [1.807, 2.05) is 30.5 Å². The highest BCUT2D eigenvalue weighted by Gasteiger charge is 2.37. The first-order valence-electron chi connectivity index (χ1n) is 7.65. The molecule has 0 aromatic carbocycles. The minimum Gasteiger partial charge on any atom is -0.348 e. The number of hydrogen-bond acceptors (Lipinski definition) is 4. The summed E-state index contributed by atoms with van der Waals surface area (Å²) in [7, 11) is -3.64. The molecule has 24 heavy (non-hydrogen) atoms. The average Bonchev–Trinajstić information content (AvgIpc) is 3.11. The summed E-state index contributed by atoms with van der Waals surface area (Å²) in [4.78, 5) is 8.21. The molecule has 1 unspecified atom stereocenters. The molecule has 0 N–H and O–H groups in total. The number of nitrogens with zero attached hydrogens (tertiary/aromatic N) is 4. The monoisotopic (exact) mass is 340 g/mol. The summed E-state index contributed by atoms with van der Waals surface area (Å²) >= 11 is 0. The van der Waals surface area contributed by atoms with Gasteiger partial charge in [0.1, 0.15) is 4.90 Å². The first kappa shape index (κ1) is 15.0. The van der Waals surface area contributed by atoms with Crippen LogP contribution < -0.4 is 0 Å². The molecule has 0 radical (unpaired) electrons. The van der Waals surface area contributed by atoms with Gasteiger partial charge in [0.15, 0.2) is 0 Å². The van der Waals surface area contributed by atoms with Crippen LogP contribution in [0.3, 0.4) is 0 Å². The summed E-state index contributed by atoms with van der Waals surface area (Å²) in [6.07, 6.45) is 8.32. The zero-order valence-corrected chi connectivity index (χ0v) is 13.7. The van der Waals surface area contributed by atoms with Crippen LogP contribution in [0.5, 0.6) is 0 Å². The lowest BCUT2D eigenvalue weighted by molar-refractivity contribution is 0.298. The van der Waals surface area contributed by atoms with E-state index in [2.05, 4.69) is 14.5 Å². The van der Waals surface area contributed by atoms with Crippen LogP contribution >= 0.6 is 0 Å². The van der Waals surface area contributed by atoms with E-state index >= 15 is 0 Å². The van der Waals surface area contributed by atoms with Crippen LogP contribution in [-0.2, 0) is 16.6 Å². The maximum atomic E-state index is 13.2. The van der Waals surface area contributed by atoms with Gasteiger partial charge in [-0.15, -0.1) is 0 Å². The van der Waals surface area contributed by atoms with Gasteiger partial charge in [-0.1, -0.05) is 0 Å². The number of pyridine rings is 2. The van der Waals surface area contributed by atoms with Crippen molar-refractivity contribution in [3.05, 3.63) is 78.6 Å². The van der Waals surface area contributed by atoms with Gasteiger partial charge in [-0.25, -0.2) is 8.42 Å². The Bertz CT molecular complexity index is 939. The first-order valence-corrected chi connectivity index (χ1v) is 9.09. The molecular formula is C17H16N4O2S. The molecule has 0 fully saturated rings. The maximum Gasteiger partial charge on any atom is 0.245 e. The highest BCUT2D eigenvalue weighted by atomic mass is 32.2. The maximum absolute atomic E-state index is 13.2. The summed E-state index contributed by atoms with van der Waals surface area (Å²) in [5.74, 6) is 0. The standard InChI is InChI=1S/C17H16N4O2S/c22-24(23,15-3-1-7-19-13-15)21-12-11-20-10-2-4-16(20)17(21)14-5-8-18-9-6-14/h1-10,13,17H,11-12H2. The molecule has 0 spiro atoms. The Labute approximate surface area is 140 Å². The smallest absolute Gasteiger partial charge is 0.245 e. The van der Waals surface area contributed by atoms with Crippen LogP contribution in [0.4, 0.5) is 0 Å². The predicted molar refractivity (Wildman–Crippen MR) is 88.6 cm³/mol. The lowest BCUT2D eigenvalue weighted by Crippen LogP contribution is -2.42. The van der Waals surface area contributed by atoms with Crippen molar-refractivity contribution in [2.45, 2.75) is 17.5 Å². The molecular weight excluding hydrogens is 324 g/mol. The molecule has 3 aromatic rings. The SMILES string of the molecule is O=S(=O)(c1cccnc1)N1CCn2cccc2C1c1ccncc1. The Morgan fingerprint density at radius 2 is 1.79 bits per heavy atom. The van der Waals surface area contributed by atoms with Crippen molar-refractivity contribution in [1.29, 1.82) is 0 Å². The van der Waals surface area contributed by atoms with Crippen molar-refractivity contribution in [2.24, 2.45) is 0 Å². The summed E-state index contributed by atoms with van der Waals surface area (Å²) in [5, 5.41) is 0. The number of aromatic nitrogens is 3. The van der Waals surface area contributed by atoms with Gasteiger partial charge < -0.3 is 4.57 Å². The van der Waals surface area contributed by atoms with E-state index in [4.69, 9.17) is 0 Å². The Kier molecular flexibility index (Phi) is 3.66. The lowest BCUT2D eigenvalue weighted by Gasteiger charge is -2.36. The molecule has 0 aliphatic carbocycles. The summed E-state index contributed by atoms with van der Waals surface area (Å²) in [5.41, 5.74) is 1.86. The third-order valence-corrected chi connectivity index (χ3v) is 6.10. The second-order valence-corrected chi connectivity index (χ2v) is 7.50. The molecule has 0 bridgehead atoms. The summed E-state index contributed by atoms with van der Waals surface area (Å²) in [6, 6.07) is 10.5. The highest BCUT2D eigenvalue weighted by molar-refractivity contribution is 7.89. The highest BCUT2D eigenvalue weighted by Crippen LogP contribution is 2.35. The van der Waals surface area contributed by atoms with Gasteiger partial charge in [-0.3, -0.25) is 9.97 Å². The van der Waals surface area contributed by atoms with Crippen molar-refractivity contribution >= 4 is 10.0 Å². The molecule has 0 saturated heterocycles. The normalized spacial score (nSPS) is 18.2. The second-order valence-electron chi connectivity index (χ2n) is 5.61. The summed E-state index contributed by atoms with van der Waals surface area (Å²) < 4.78 is 30.0. The molecule has 0 amide bonds. The average molecular weight is 340 g/mol. The van der Waals surface area contributed by atoms with Gasteiger partial charge in [-0.2, -0.15) is 4.31 Å². The van der Waals surface area contributed by atoms with Crippen molar-refractivity contribution in [2.75, 3.05) is 6.54 Å². The van der Waals surface area contributed by atoms with Crippen molar-refractivity contribution < 1.29 is 8.42 Å². The topological polar surface area (TPSA) is 68.1 Å². The van der Waals surface area contributed by atoms with E-state index in [1.165, 1.54) is 6.20 Å². The van der Waals surface area contributed by atoms with Crippen molar-refractivity contribution in [1.82, 2.24) is 18.8 Å². The Morgan fingerprint density at radius 1 is 0.958 bits per heavy atom. The van der Waals surface area contributed by atoms with Gasteiger partial charge in [0.2, 0.25) is 10.0 Å². The largest absolute Gasteiger partial charge is 0.348 e. The lowest BCUT2D eigenvalue weighted by atomic mass is 10.0. The number of sulfonamides is 1. The van der Waals surface area contributed by atoms with E-state index in [0.717, 1.165) is 11.3 Å². The molecule has 1 atom stereocenters. The van der Waals surface area contributed by atoms with E-state index < -0.39 is 10.0 Å². The molecule has 4 heterocycles. The quantitative estimate of drug-likeness (QED) is 0.732. The van der Waals surface area contributed by atoms with Gasteiger partial charge in [-0.05, 0) is 42.0 Å². The Balaban J connectivity index is 1.86. The Hall–Kier alpha value is -2.51. The van der Waals surface area contributed by atoms with Crippen molar-refractivity contribution in [3.63, 3.8) is 0 Å². The molecule has 1 aliphatic heterocycles. The summed E-state index contributed by atoms with van der Waals surface area (Å²) in [6.45, 7) is 1.04.